The Morgan fingerprint density at radius 2 is 1.69 bits per heavy atom. The van der Waals surface area contributed by atoms with Crippen molar-refractivity contribution in [2.45, 2.75) is 72.8 Å². The standard InChI is InChI=1S/C28H32O2S.C4H6O2.C2H6/c1-3-31-16-8-15-29-26-17-21(2)28-24(19-26)10-7-9-23-14-13-22(18-27(23)28)20-30-25-11-5-4-6-12-25;5-4(6)3-1-2-3;1-2/h4-6,11-14,17-19H,3,7-10,15-16,20H2,1-2H3;3H,1-2H2,(H,5,6);1-2H3. The average Bonchev–Trinajstić information content (AvgIpc) is 3.81. The predicted molar refractivity (Wildman–Crippen MR) is 164 cm³/mol. The van der Waals surface area contributed by atoms with Crippen LogP contribution in [0.4, 0.5) is 0 Å². The summed E-state index contributed by atoms with van der Waals surface area (Å²) in [6, 6.07) is 21.4. The maximum Gasteiger partial charge on any atom is 0.306 e. The number of aliphatic carboxylic acids is 1. The summed E-state index contributed by atoms with van der Waals surface area (Å²) in [5.74, 6) is 3.66. The van der Waals surface area contributed by atoms with Crippen LogP contribution in [0.2, 0.25) is 0 Å². The SMILES string of the molecule is CC.CCSCCCOc1cc(C)c2c(c1)CCCc1ccc(COc3ccccc3)cc1-2.O=C(O)C1CC1. The Bertz CT molecular complexity index is 1170. The van der Waals surface area contributed by atoms with Crippen LogP contribution in [-0.2, 0) is 24.2 Å². The second-order valence-corrected chi connectivity index (χ2v) is 11.1. The highest BCUT2D eigenvalue weighted by molar-refractivity contribution is 7.99. The summed E-state index contributed by atoms with van der Waals surface area (Å²) < 4.78 is 12.1. The zero-order chi connectivity index (χ0) is 28.0. The van der Waals surface area contributed by atoms with Crippen LogP contribution in [0.5, 0.6) is 11.5 Å². The van der Waals surface area contributed by atoms with Crippen LogP contribution in [0.3, 0.4) is 0 Å². The van der Waals surface area contributed by atoms with Gasteiger partial charge in [-0.05, 0) is 121 Å². The number of hydrogen-bond acceptors (Lipinski definition) is 4. The molecule has 4 nitrogen and oxygen atoms in total. The molecule has 0 aromatic heterocycles. The summed E-state index contributed by atoms with van der Waals surface area (Å²) in [6.45, 7) is 9.81. The van der Waals surface area contributed by atoms with Crippen molar-refractivity contribution in [1.82, 2.24) is 0 Å². The minimum Gasteiger partial charge on any atom is -0.494 e. The van der Waals surface area contributed by atoms with E-state index in [1.165, 1.54) is 51.3 Å². The molecule has 5 heteroatoms. The number of carbonyl (C=O) groups is 1. The highest BCUT2D eigenvalue weighted by Crippen LogP contribution is 2.38. The molecule has 1 saturated carbocycles. The Morgan fingerprint density at radius 1 is 0.949 bits per heavy atom. The molecule has 5 rings (SSSR count). The van der Waals surface area contributed by atoms with E-state index >= 15 is 0 Å². The maximum absolute atomic E-state index is 9.76. The predicted octanol–water partition coefficient (Wildman–Crippen LogP) is 8.76. The first-order valence-electron chi connectivity index (χ1n) is 14.4. The molecule has 0 aliphatic heterocycles. The average molecular weight is 549 g/mol. The van der Waals surface area contributed by atoms with Gasteiger partial charge in [0.2, 0.25) is 0 Å². The normalized spacial score (nSPS) is 13.3. The number of fused-ring (bicyclic) bond motifs is 3. The van der Waals surface area contributed by atoms with Crippen molar-refractivity contribution >= 4 is 17.7 Å². The van der Waals surface area contributed by atoms with Gasteiger partial charge in [-0.1, -0.05) is 51.1 Å². The van der Waals surface area contributed by atoms with Crippen molar-refractivity contribution in [3.63, 3.8) is 0 Å². The van der Waals surface area contributed by atoms with E-state index in [0.717, 1.165) is 50.2 Å². The number of aryl methyl sites for hydroxylation is 3. The molecule has 0 radical (unpaired) electrons. The van der Waals surface area contributed by atoms with E-state index < -0.39 is 5.97 Å². The molecule has 1 fully saturated rings. The van der Waals surface area contributed by atoms with E-state index in [4.69, 9.17) is 14.6 Å². The van der Waals surface area contributed by atoms with Gasteiger partial charge in [-0.15, -0.1) is 0 Å². The molecule has 39 heavy (non-hydrogen) atoms. The van der Waals surface area contributed by atoms with Crippen LogP contribution in [0.1, 0.15) is 68.7 Å². The summed E-state index contributed by atoms with van der Waals surface area (Å²) >= 11 is 1.98. The Balaban J connectivity index is 0.000000457. The molecule has 0 amide bonds. The van der Waals surface area contributed by atoms with Crippen LogP contribution < -0.4 is 9.47 Å². The van der Waals surface area contributed by atoms with Gasteiger partial charge in [0.1, 0.15) is 18.1 Å². The first-order valence-corrected chi connectivity index (χ1v) is 15.6. The van der Waals surface area contributed by atoms with Gasteiger partial charge in [-0.3, -0.25) is 4.79 Å². The van der Waals surface area contributed by atoms with Gasteiger partial charge in [0.05, 0.1) is 12.5 Å². The summed E-state index contributed by atoms with van der Waals surface area (Å²) in [5.41, 5.74) is 8.13. The van der Waals surface area contributed by atoms with Crippen molar-refractivity contribution in [3.05, 3.63) is 82.9 Å². The molecule has 0 heterocycles. The molecule has 210 valence electrons. The van der Waals surface area contributed by atoms with Gasteiger partial charge < -0.3 is 14.6 Å². The van der Waals surface area contributed by atoms with Crippen molar-refractivity contribution in [3.8, 4) is 22.6 Å². The molecular formula is C34H44O4S. The fraction of sp³-hybridized carbons (Fsp3) is 0.441. The minimum atomic E-state index is -0.630. The monoisotopic (exact) mass is 548 g/mol. The lowest BCUT2D eigenvalue weighted by Crippen LogP contribution is -2.02. The third-order valence-corrected chi connectivity index (χ3v) is 7.69. The highest BCUT2D eigenvalue weighted by Gasteiger charge is 2.28. The molecule has 0 unspecified atom stereocenters. The molecule has 3 aromatic rings. The zero-order valence-electron chi connectivity index (χ0n) is 24.0. The van der Waals surface area contributed by atoms with Crippen molar-refractivity contribution < 1.29 is 19.4 Å². The lowest BCUT2D eigenvalue weighted by Gasteiger charge is -2.17. The largest absolute Gasteiger partial charge is 0.494 e. The van der Waals surface area contributed by atoms with Crippen molar-refractivity contribution in [1.29, 1.82) is 0 Å². The summed E-state index contributed by atoms with van der Waals surface area (Å²) in [6.07, 6.45) is 6.29. The summed E-state index contributed by atoms with van der Waals surface area (Å²) in [4.78, 5) is 9.76. The molecule has 0 atom stereocenters. The molecule has 2 aliphatic carbocycles. The van der Waals surface area contributed by atoms with Crippen molar-refractivity contribution in [2.24, 2.45) is 5.92 Å². The van der Waals surface area contributed by atoms with Crippen LogP contribution >= 0.6 is 11.8 Å². The Hall–Kier alpha value is -2.92. The van der Waals surface area contributed by atoms with Crippen molar-refractivity contribution in [2.75, 3.05) is 18.1 Å². The lowest BCUT2D eigenvalue weighted by molar-refractivity contribution is -0.138. The second-order valence-electron chi connectivity index (χ2n) is 9.73. The van der Waals surface area contributed by atoms with Crippen LogP contribution in [0, 0.1) is 12.8 Å². The number of para-hydroxylation sites is 1. The van der Waals surface area contributed by atoms with Crippen LogP contribution in [0.25, 0.3) is 11.1 Å². The second kappa shape index (κ2) is 16.2. The smallest absolute Gasteiger partial charge is 0.306 e. The molecule has 1 N–H and O–H groups in total. The van der Waals surface area contributed by atoms with E-state index in [1.807, 2.05) is 55.9 Å². The van der Waals surface area contributed by atoms with E-state index in [-0.39, 0.29) is 5.92 Å². The Morgan fingerprint density at radius 3 is 2.36 bits per heavy atom. The quantitative estimate of drug-likeness (QED) is 0.257. The molecule has 0 saturated heterocycles. The first-order chi connectivity index (χ1) is 19.0. The van der Waals surface area contributed by atoms with E-state index in [9.17, 15) is 4.79 Å². The topological polar surface area (TPSA) is 55.8 Å². The third-order valence-electron chi connectivity index (χ3n) is 6.71. The zero-order valence-corrected chi connectivity index (χ0v) is 24.8. The number of rotatable bonds is 10. The third kappa shape index (κ3) is 9.65. The fourth-order valence-corrected chi connectivity index (χ4v) is 5.24. The number of hydrogen-bond donors (Lipinski definition) is 1. The molecule has 3 aromatic carbocycles. The van der Waals surface area contributed by atoms with E-state index in [0.29, 0.717) is 6.61 Å². The number of benzene rings is 3. The minimum absolute atomic E-state index is 0.0185. The summed E-state index contributed by atoms with van der Waals surface area (Å²) in [5, 5.41) is 8.05. The summed E-state index contributed by atoms with van der Waals surface area (Å²) in [7, 11) is 0. The molecule has 0 spiro atoms. The lowest BCUT2D eigenvalue weighted by atomic mass is 9.91. The molecular weight excluding hydrogens is 504 g/mol. The van der Waals surface area contributed by atoms with Gasteiger partial charge >= 0.3 is 5.97 Å². The van der Waals surface area contributed by atoms with Gasteiger partial charge in [-0.25, -0.2) is 0 Å². The number of ether oxygens (including phenoxy) is 2. The highest BCUT2D eigenvalue weighted by atomic mass is 32.2. The molecule has 0 bridgehead atoms. The first kappa shape index (κ1) is 30.6. The Labute approximate surface area is 239 Å². The van der Waals surface area contributed by atoms with Gasteiger partial charge in [0.25, 0.3) is 0 Å². The van der Waals surface area contributed by atoms with Crippen LogP contribution in [0.15, 0.2) is 60.7 Å². The number of thioether (sulfide) groups is 1. The van der Waals surface area contributed by atoms with Gasteiger partial charge in [-0.2, -0.15) is 11.8 Å². The molecule has 2 aliphatic rings. The van der Waals surface area contributed by atoms with Gasteiger partial charge in [0.15, 0.2) is 0 Å². The Kier molecular flexibility index (Phi) is 12.8. The van der Waals surface area contributed by atoms with E-state index in [2.05, 4.69) is 44.2 Å². The maximum atomic E-state index is 9.76. The number of carboxylic acids is 1. The van der Waals surface area contributed by atoms with Gasteiger partial charge in [0, 0.05) is 0 Å². The number of carboxylic acid groups (broad SMARTS) is 1. The fourth-order valence-electron chi connectivity index (χ4n) is 4.63. The van der Waals surface area contributed by atoms with E-state index in [1.54, 1.807) is 0 Å². The van der Waals surface area contributed by atoms with Crippen LogP contribution in [-0.4, -0.2) is 29.2 Å².